The molecule has 4 heteroatoms. The minimum Gasteiger partial charge on any atom is -0.381 e. The summed E-state index contributed by atoms with van der Waals surface area (Å²) in [5.74, 6) is 0.651. The quantitative estimate of drug-likeness (QED) is 0.731. The van der Waals surface area contributed by atoms with Gasteiger partial charge in [-0.05, 0) is 81.3 Å². The van der Waals surface area contributed by atoms with E-state index >= 15 is 0 Å². The molecule has 2 aliphatic heterocycles. The minimum absolute atomic E-state index is 0.0263. The number of likely N-dealkylation sites (tertiary alicyclic amines) is 1. The van der Waals surface area contributed by atoms with Gasteiger partial charge < -0.3 is 4.74 Å². The van der Waals surface area contributed by atoms with Gasteiger partial charge in [-0.15, -0.1) is 0 Å². The highest BCUT2D eigenvalue weighted by Gasteiger charge is 2.49. The molecule has 2 aromatic rings. The maximum Gasteiger partial charge on any atom is 0.0991 e. The third-order valence-electron chi connectivity index (χ3n) is 7.29. The Bertz CT molecular complexity index is 878. The molecule has 0 N–H and O–H groups in total. The molecule has 4 rings (SSSR count). The summed E-state index contributed by atoms with van der Waals surface area (Å²) < 4.78 is 5.61. The van der Waals surface area contributed by atoms with Crippen molar-refractivity contribution in [2.24, 2.45) is 11.3 Å². The lowest BCUT2D eigenvalue weighted by atomic mass is 9.69. The number of hydrogen-bond acceptors (Lipinski definition) is 4. The van der Waals surface area contributed by atoms with Crippen LogP contribution in [0, 0.1) is 29.6 Å². The van der Waals surface area contributed by atoms with Gasteiger partial charge >= 0.3 is 0 Å². The highest BCUT2D eigenvalue weighted by atomic mass is 16.5. The molecule has 3 heterocycles. The van der Waals surface area contributed by atoms with Crippen LogP contribution in [0.25, 0.3) is 0 Å². The summed E-state index contributed by atoms with van der Waals surface area (Å²) in [6.07, 6.45) is 5.49. The van der Waals surface area contributed by atoms with Gasteiger partial charge in [0.1, 0.15) is 0 Å². The van der Waals surface area contributed by atoms with E-state index in [9.17, 15) is 0 Å². The van der Waals surface area contributed by atoms with Crippen molar-refractivity contribution >= 4 is 0 Å². The molecule has 29 heavy (non-hydrogen) atoms. The van der Waals surface area contributed by atoms with E-state index in [1.54, 1.807) is 0 Å². The number of aromatic nitrogens is 1. The molecule has 0 radical (unpaired) electrons. The lowest BCUT2D eigenvalue weighted by molar-refractivity contribution is -0.101. The Balaban J connectivity index is 1.50. The van der Waals surface area contributed by atoms with Crippen LogP contribution >= 0.6 is 0 Å². The Morgan fingerprint density at radius 2 is 1.97 bits per heavy atom. The largest absolute Gasteiger partial charge is 0.381 e. The zero-order chi connectivity index (χ0) is 20.5. The Hall–Kier alpha value is -2.22. The van der Waals surface area contributed by atoms with Crippen molar-refractivity contribution in [3.05, 3.63) is 65.0 Å². The molecular weight excluding hydrogens is 358 g/mol. The van der Waals surface area contributed by atoms with Gasteiger partial charge in [0.25, 0.3) is 0 Å². The standard InChI is InChI=1S/C25H31N3O/c1-19-4-9-22(15-27-19)24(2,3)28-13-12-25(18-28,23-16-29-17-23)11-10-20-5-7-21(14-26)8-6-20/h4-9,15,23H,10-13,16-18H2,1-3H3/t25-/m0/s1. The first-order chi connectivity index (χ1) is 13.9. The van der Waals surface area contributed by atoms with E-state index in [0.717, 1.165) is 44.0 Å². The molecule has 2 saturated heterocycles. The van der Waals surface area contributed by atoms with E-state index in [-0.39, 0.29) is 5.54 Å². The number of benzene rings is 1. The fourth-order valence-electron chi connectivity index (χ4n) is 4.86. The monoisotopic (exact) mass is 389 g/mol. The first kappa shape index (κ1) is 20.1. The first-order valence-corrected chi connectivity index (χ1v) is 10.7. The second kappa shape index (κ2) is 7.89. The molecule has 0 unspecified atom stereocenters. The molecule has 1 aromatic carbocycles. The molecule has 1 atom stereocenters. The van der Waals surface area contributed by atoms with Gasteiger partial charge in [0.05, 0.1) is 24.8 Å². The second-order valence-electron chi connectivity index (χ2n) is 9.32. The summed E-state index contributed by atoms with van der Waals surface area (Å²) >= 11 is 0. The van der Waals surface area contributed by atoms with Crippen LogP contribution in [0.1, 0.15) is 49.1 Å². The number of rotatable bonds is 6. The van der Waals surface area contributed by atoms with Crippen LogP contribution in [-0.2, 0) is 16.7 Å². The molecule has 2 fully saturated rings. The van der Waals surface area contributed by atoms with Crippen molar-refractivity contribution in [1.29, 1.82) is 5.26 Å². The number of nitrogens with zero attached hydrogens (tertiary/aromatic N) is 3. The smallest absolute Gasteiger partial charge is 0.0991 e. The summed E-state index contributed by atoms with van der Waals surface area (Å²) in [6.45, 7) is 10.7. The Morgan fingerprint density at radius 1 is 1.21 bits per heavy atom. The van der Waals surface area contributed by atoms with Crippen molar-refractivity contribution in [3.63, 3.8) is 0 Å². The number of pyridine rings is 1. The van der Waals surface area contributed by atoms with Crippen LogP contribution in [-0.4, -0.2) is 36.2 Å². The maximum atomic E-state index is 9.02. The average molecular weight is 390 g/mol. The molecule has 2 aliphatic rings. The van der Waals surface area contributed by atoms with Gasteiger partial charge in [-0.25, -0.2) is 0 Å². The van der Waals surface area contributed by atoms with Gasteiger partial charge in [0.2, 0.25) is 0 Å². The van der Waals surface area contributed by atoms with Crippen LogP contribution in [0.2, 0.25) is 0 Å². The zero-order valence-corrected chi connectivity index (χ0v) is 17.8. The van der Waals surface area contributed by atoms with Crippen molar-refractivity contribution in [3.8, 4) is 6.07 Å². The van der Waals surface area contributed by atoms with Crippen molar-refractivity contribution in [1.82, 2.24) is 9.88 Å². The third-order valence-corrected chi connectivity index (χ3v) is 7.29. The van der Waals surface area contributed by atoms with Gasteiger partial charge in [-0.2, -0.15) is 5.26 Å². The summed E-state index contributed by atoms with van der Waals surface area (Å²) in [5, 5.41) is 9.02. The summed E-state index contributed by atoms with van der Waals surface area (Å²) in [7, 11) is 0. The van der Waals surface area contributed by atoms with Gasteiger partial charge in [-0.1, -0.05) is 18.2 Å². The normalized spacial score (nSPS) is 23.0. The first-order valence-electron chi connectivity index (χ1n) is 10.7. The average Bonchev–Trinajstić information content (AvgIpc) is 3.11. The molecular formula is C25H31N3O. The molecule has 0 amide bonds. The van der Waals surface area contributed by atoms with Crippen LogP contribution in [0.3, 0.4) is 0 Å². The Kier molecular flexibility index (Phi) is 5.46. The van der Waals surface area contributed by atoms with Gasteiger partial charge in [-0.3, -0.25) is 9.88 Å². The van der Waals surface area contributed by atoms with Crippen molar-refractivity contribution in [2.45, 2.75) is 45.6 Å². The van der Waals surface area contributed by atoms with Crippen molar-refractivity contribution < 1.29 is 4.74 Å². The molecule has 0 spiro atoms. The maximum absolute atomic E-state index is 9.02. The minimum atomic E-state index is -0.0263. The number of aryl methyl sites for hydroxylation is 2. The van der Waals surface area contributed by atoms with Crippen LogP contribution < -0.4 is 0 Å². The summed E-state index contributed by atoms with van der Waals surface area (Å²) in [4.78, 5) is 7.19. The van der Waals surface area contributed by atoms with E-state index < -0.39 is 0 Å². The molecule has 0 aliphatic carbocycles. The zero-order valence-electron chi connectivity index (χ0n) is 17.8. The SMILES string of the molecule is Cc1ccc(C(C)(C)N2CC[C@](CCc3ccc(C#N)cc3)(C3COC3)C2)cn1. The van der Waals surface area contributed by atoms with Crippen LogP contribution in [0.5, 0.6) is 0 Å². The van der Waals surface area contributed by atoms with Gasteiger partial charge in [0.15, 0.2) is 0 Å². The number of ether oxygens (including phenoxy) is 1. The number of nitriles is 1. The highest BCUT2D eigenvalue weighted by molar-refractivity contribution is 5.31. The van der Waals surface area contributed by atoms with Gasteiger partial charge in [0, 0.05) is 29.9 Å². The fourth-order valence-corrected chi connectivity index (χ4v) is 4.86. The van der Waals surface area contributed by atoms with Crippen molar-refractivity contribution in [2.75, 3.05) is 26.3 Å². The topological polar surface area (TPSA) is 49.2 Å². The fraction of sp³-hybridized carbons (Fsp3) is 0.520. The number of hydrogen-bond donors (Lipinski definition) is 0. The van der Waals surface area contributed by atoms with Crippen LogP contribution in [0.15, 0.2) is 42.6 Å². The molecule has 152 valence electrons. The van der Waals surface area contributed by atoms with Crippen LogP contribution in [0.4, 0.5) is 0 Å². The third kappa shape index (κ3) is 3.95. The van der Waals surface area contributed by atoms with E-state index in [0.29, 0.717) is 11.3 Å². The van der Waals surface area contributed by atoms with E-state index in [2.05, 4.69) is 54.1 Å². The Morgan fingerprint density at radius 3 is 2.55 bits per heavy atom. The lowest BCUT2D eigenvalue weighted by Gasteiger charge is -2.44. The highest BCUT2D eigenvalue weighted by Crippen LogP contribution is 2.48. The predicted molar refractivity (Wildman–Crippen MR) is 114 cm³/mol. The summed E-state index contributed by atoms with van der Waals surface area (Å²) in [6, 6.07) is 14.6. The molecule has 4 nitrogen and oxygen atoms in total. The summed E-state index contributed by atoms with van der Waals surface area (Å²) in [5.41, 5.74) is 4.69. The Labute approximate surface area is 174 Å². The second-order valence-corrected chi connectivity index (χ2v) is 9.32. The molecule has 1 aromatic heterocycles. The lowest BCUT2D eigenvalue weighted by Crippen LogP contribution is -2.48. The van der Waals surface area contributed by atoms with E-state index in [4.69, 9.17) is 10.00 Å². The van der Waals surface area contributed by atoms with E-state index in [1.165, 1.54) is 24.0 Å². The molecule has 0 bridgehead atoms. The van der Waals surface area contributed by atoms with E-state index in [1.807, 2.05) is 25.3 Å². The molecule has 0 saturated carbocycles. The predicted octanol–water partition coefficient (Wildman–Crippen LogP) is 4.47.